The molecule has 2 N–H and O–H groups in total. The summed E-state index contributed by atoms with van der Waals surface area (Å²) in [6, 6.07) is 2.27. The van der Waals surface area contributed by atoms with Gasteiger partial charge in [0.2, 0.25) is 0 Å². The lowest BCUT2D eigenvalue weighted by Crippen LogP contribution is -2.42. The number of carbonyl (C=O) groups is 1. The van der Waals surface area contributed by atoms with Crippen molar-refractivity contribution in [3.63, 3.8) is 0 Å². The fraction of sp³-hybridized carbons (Fsp3) is 0.462. The third-order valence-electron chi connectivity index (χ3n) is 3.56. The van der Waals surface area contributed by atoms with Crippen molar-refractivity contribution < 1.29 is 22.4 Å². The average Bonchev–Trinajstić information content (AvgIpc) is 2.41. The molecule has 0 saturated carbocycles. The lowest BCUT2D eigenvalue weighted by Gasteiger charge is -2.33. The Labute approximate surface area is 127 Å². The molecule has 0 atom stereocenters. The Morgan fingerprint density at radius 1 is 1.29 bits per heavy atom. The first-order valence-electron chi connectivity index (χ1n) is 6.30. The van der Waals surface area contributed by atoms with Gasteiger partial charge in [-0.05, 0) is 40.9 Å². The largest absolute Gasteiger partial charge is 0.396 e. The van der Waals surface area contributed by atoms with Crippen LogP contribution < -0.4 is 5.73 Å². The molecule has 2 rings (SSSR count). The van der Waals surface area contributed by atoms with Crippen molar-refractivity contribution >= 4 is 27.5 Å². The van der Waals surface area contributed by atoms with Crippen LogP contribution >= 0.6 is 15.9 Å². The van der Waals surface area contributed by atoms with Crippen LogP contribution in [0.1, 0.15) is 23.2 Å². The number of hydrogen-bond acceptors (Lipinski definition) is 2. The van der Waals surface area contributed by atoms with E-state index in [1.165, 1.54) is 11.0 Å². The number of benzene rings is 1. The molecule has 1 aromatic carbocycles. The molecule has 0 bridgehead atoms. The van der Waals surface area contributed by atoms with E-state index in [0.717, 1.165) is 6.07 Å². The zero-order valence-electron chi connectivity index (χ0n) is 10.9. The molecule has 1 saturated heterocycles. The second kappa shape index (κ2) is 5.82. The molecule has 8 heteroatoms. The first kappa shape index (κ1) is 16.1. The third kappa shape index (κ3) is 3.48. The molecular weight excluding hydrogens is 356 g/mol. The molecule has 1 aromatic rings. The Morgan fingerprint density at radius 2 is 1.86 bits per heavy atom. The molecule has 1 aliphatic heterocycles. The molecule has 1 fully saturated rings. The number of nitrogens with two attached hydrogens (primary N) is 1. The van der Waals surface area contributed by atoms with Crippen molar-refractivity contribution in [1.29, 1.82) is 0 Å². The van der Waals surface area contributed by atoms with Crippen LogP contribution in [-0.4, -0.2) is 30.1 Å². The number of alkyl halides is 3. The smallest absolute Gasteiger partial charge is 0.391 e. The molecule has 1 amide bonds. The van der Waals surface area contributed by atoms with Crippen LogP contribution in [0.3, 0.4) is 0 Å². The maximum atomic E-state index is 13.2. The van der Waals surface area contributed by atoms with Gasteiger partial charge in [0.15, 0.2) is 0 Å². The van der Waals surface area contributed by atoms with Gasteiger partial charge in [-0.2, -0.15) is 13.2 Å². The number of hydrogen-bond donors (Lipinski definition) is 1. The molecule has 0 aliphatic carbocycles. The minimum Gasteiger partial charge on any atom is -0.396 e. The Morgan fingerprint density at radius 3 is 2.38 bits per heavy atom. The predicted octanol–water partition coefficient (Wildman–Crippen LogP) is 3.58. The van der Waals surface area contributed by atoms with E-state index in [1.807, 2.05) is 0 Å². The van der Waals surface area contributed by atoms with Crippen LogP contribution in [0.25, 0.3) is 0 Å². The van der Waals surface area contributed by atoms with Crippen molar-refractivity contribution in [1.82, 2.24) is 4.90 Å². The van der Waals surface area contributed by atoms with Crippen LogP contribution in [0.5, 0.6) is 0 Å². The van der Waals surface area contributed by atoms with Gasteiger partial charge in [-0.25, -0.2) is 4.39 Å². The van der Waals surface area contributed by atoms with Gasteiger partial charge < -0.3 is 10.6 Å². The first-order valence-corrected chi connectivity index (χ1v) is 7.10. The normalized spacial score (nSPS) is 17.1. The highest BCUT2D eigenvalue weighted by atomic mass is 79.9. The summed E-state index contributed by atoms with van der Waals surface area (Å²) in [6.45, 7) is 0.0411. The van der Waals surface area contributed by atoms with Gasteiger partial charge in [0.05, 0.1) is 17.2 Å². The lowest BCUT2D eigenvalue weighted by atomic mass is 9.96. The van der Waals surface area contributed by atoms with E-state index in [9.17, 15) is 22.4 Å². The standard InChI is InChI=1S/C13H13BrF4N2O/c14-9-6-10(15)11(19)5-8(9)12(21)20-3-1-7(2-4-20)13(16,17)18/h5-7H,1-4,19H2. The van der Waals surface area contributed by atoms with E-state index >= 15 is 0 Å². The fourth-order valence-electron chi connectivity index (χ4n) is 2.31. The van der Waals surface area contributed by atoms with Gasteiger partial charge >= 0.3 is 6.18 Å². The summed E-state index contributed by atoms with van der Waals surface area (Å²) >= 11 is 3.07. The Balaban J connectivity index is 2.11. The topological polar surface area (TPSA) is 46.3 Å². The zero-order valence-corrected chi connectivity index (χ0v) is 12.5. The van der Waals surface area contributed by atoms with E-state index in [-0.39, 0.29) is 41.7 Å². The van der Waals surface area contributed by atoms with Crippen LogP contribution in [0, 0.1) is 11.7 Å². The summed E-state index contributed by atoms with van der Waals surface area (Å²) in [5.74, 6) is -2.48. The molecule has 0 radical (unpaired) electrons. The minimum atomic E-state index is -4.23. The first-order chi connectivity index (χ1) is 9.70. The Kier molecular flexibility index (Phi) is 4.46. The fourth-order valence-corrected chi connectivity index (χ4v) is 2.79. The number of amides is 1. The van der Waals surface area contributed by atoms with Crippen molar-refractivity contribution in [3.8, 4) is 0 Å². The van der Waals surface area contributed by atoms with Gasteiger partial charge in [-0.3, -0.25) is 4.79 Å². The molecule has 0 unspecified atom stereocenters. The quantitative estimate of drug-likeness (QED) is 0.608. The number of likely N-dealkylation sites (tertiary alicyclic amines) is 1. The van der Waals surface area contributed by atoms with E-state index in [1.54, 1.807) is 0 Å². The number of nitrogens with zero attached hydrogens (tertiary/aromatic N) is 1. The van der Waals surface area contributed by atoms with E-state index in [2.05, 4.69) is 15.9 Å². The molecule has 0 aromatic heterocycles. The van der Waals surface area contributed by atoms with Gasteiger partial charge in [0.25, 0.3) is 5.91 Å². The molecule has 1 heterocycles. The highest BCUT2D eigenvalue weighted by molar-refractivity contribution is 9.10. The molecule has 21 heavy (non-hydrogen) atoms. The van der Waals surface area contributed by atoms with Crippen LogP contribution in [0.15, 0.2) is 16.6 Å². The molecule has 116 valence electrons. The number of carbonyl (C=O) groups excluding carboxylic acids is 1. The van der Waals surface area contributed by atoms with Gasteiger partial charge in [-0.15, -0.1) is 0 Å². The summed E-state index contributed by atoms with van der Waals surface area (Å²) in [6.07, 6.45) is -4.47. The SMILES string of the molecule is Nc1cc(C(=O)N2CCC(C(F)(F)F)CC2)c(Br)cc1F. The van der Waals surface area contributed by atoms with Gasteiger partial charge in [0.1, 0.15) is 5.82 Å². The Hall–Kier alpha value is -1.31. The zero-order chi connectivity index (χ0) is 15.8. The second-order valence-electron chi connectivity index (χ2n) is 4.96. The molecule has 1 aliphatic rings. The predicted molar refractivity (Wildman–Crippen MR) is 73.2 cm³/mol. The van der Waals surface area contributed by atoms with Crippen molar-refractivity contribution in [3.05, 3.63) is 28.0 Å². The van der Waals surface area contributed by atoms with E-state index < -0.39 is 23.8 Å². The summed E-state index contributed by atoms with van der Waals surface area (Å²) in [5.41, 5.74) is 5.40. The second-order valence-corrected chi connectivity index (χ2v) is 5.82. The van der Waals surface area contributed by atoms with E-state index in [0.29, 0.717) is 0 Å². The lowest BCUT2D eigenvalue weighted by molar-refractivity contribution is -0.183. The number of rotatable bonds is 1. The van der Waals surface area contributed by atoms with Crippen molar-refractivity contribution in [2.24, 2.45) is 5.92 Å². The Bertz CT molecular complexity index is 554. The maximum Gasteiger partial charge on any atom is 0.391 e. The highest BCUT2D eigenvalue weighted by Crippen LogP contribution is 2.35. The summed E-state index contributed by atoms with van der Waals surface area (Å²) in [5, 5.41) is 0. The average molecular weight is 369 g/mol. The van der Waals surface area contributed by atoms with E-state index in [4.69, 9.17) is 5.73 Å². The van der Waals surface area contributed by atoms with Crippen molar-refractivity contribution in [2.75, 3.05) is 18.8 Å². The van der Waals surface area contributed by atoms with Crippen LogP contribution in [0.4, 0.5) is 23.2 Å². The molecule has 3 nitrogen and oxygen atoms in total. The molecule has 0 spiro atoms. The third-order valence-corrected chi connectivity index (χ3v) is 4.22. The van der Waals surface area contributed by atoms with Crippen molar-refractivity contribution in [2.45, 2.75) is 19.0 Å². The van der Waals surface area contributed by atoms with Crippen LogP contribution in [0.2, 0.25) is 0 Å². The maximum absolute atomic E-state index is 13.2. The van der Waals surface area contributed by atoms with Crippen LogP contribution in [-0.2, 0) is 0 Å². The van der Waals surface area contributed by atoms with Gasteiger partial charge in [0, 0.05) is 17.6 Å². The summed E-state index contributed by atoms with van der Waals surface area (Å²) < 4.78 is 51.2. The monoisotopic (exact) mass is 368 g/mol. The number of anilines is 1. The number of nitrogen functional groups attached to an aromatic ring is 1. The number of halogens is 5. The minimum absolute atomic E-state index is 0.0206. The molecular formula is C13H13BrF4N2O. The van der Waals surface area contributed by atoms with Gasteiger partial charge in [-0.1, -0.05) is 0 Å². The highest BCUT2D eigenvalue weighted by Gasteiger charge is 2.41. The summed E-state index contributed by atoms with van der Waals surface area (Å²) in [4.78, 5) is 13.6. The number of piperidine rings is 1. The summed E-state index contributed by atoms with van der Waals surface area (Å²) in [7, 11) is 0.